The average Bonchev–Trinajstić information content (AvgIpc) is 3.77. The molecule has 0 saturated heterocycles. The molecule has 0 aliphatic rings. The Morgan fingerprint density at radius 1 is 0.620 bits per heavy atom. The van der Waals surface area contributed by atoms with Crippen molar-refractivity contribution in [1.29, 1.82) is 0 Å². The zero-order valence-corrected chi connectivity index (χ0v) is 39.9. The van der Waals surface area contributed by atoms with E-state index in [0.717, 1.165) is 29.3 Å². The zero-order valence-electron chi connectivity index (χ0n) is 39.0. The minimum Gasteiger partial charge on any atom is -0.373 e. The molecule has 0 aliphatic carbocycles. The Bertz CT molecular complexity index is 3740. The van der Waals surface area contributed by atoms with Gasteiger partial charge in [-0.2, -0.15) is 10.0 Å². The number of pyridine rings is 4. The molecule has 5 heterocycles. The summed E-state index contributed by atoms with van der Waals surface area (Å²) in [6.45, 7) is 7.36. The van der Waals surface area contributed by atoms with Gasteiger partial charge in [-0.05, 0) is 105 Å². The van der Waals surface area contributed by atoms with Crippen LogP contribution in [0.3, 0.4) is 0 Å². The minimum absolute atomic E-state index is 0.0147. The summed E-state index contributed by atoms with van der Waals surface area (Å²) in [6.07, 6.45) is 3.19. The van der Waals surface area contributed by atoms with Crippen molar-refractivity contribution in [2.75, 3.05) is 45.4 Å². The quantitative estimate of drug-likeness (QED) is 0.0779. The molecule has 0 radical (unpaired) electrons. The molecule has 0 aliphatic heterocycles. The molecule has 14 nitrogen and oxygen atoms in total. The predicted octanol–water partition coefficient (Wildman–Crippen LogP) is 11.6. The maximum atomic E-state index is 16.3. The number of amides is 4. The van der Waals surface area contributed by atoms with Gasteiger partial charge in [-0.15, -0.1) is 11.3 Å². The molecule has 9 aromatic rings. The van der Waals surface area contributed by atoms with Crippen LogP contribution < -0.4 is 42.4 Å². The lowest BCUT2D eigenvalue weighted by molar-refractivity contribution is 0.248. The van der Waals surface area contributed by atoms with E-state index in [0.29, 0.717) is 65.7 Å². The van der Waals surface area contributed by atoms with Gasteiger partial charge in [-0.25, -0.2) is 37.1 Å². The first-order valence-electron chi connectivity index (χ1n) is 22.3. The number of carbonyl (C=O) groups excluding carboxylic acids is 2. The number of nitrogens with zero attached hydrogens (tertiary/aromatic N) is 6. The van der Waals surface area contributed by atoms with Gasteiger partial charge in [0, 0.05) is 95.1 Å². The number of nitrogens with one attached hydrogen (secondary N) is 4. The molecule has 0 unspecified atom stereocenters. The number of aromatic nitrogens is 4. The fourth-order valence-corrected chi connectivity index (χ4v) is 9.63. The number of urea groups is 2. The summed E-state index contributed by atoms with van der Waals surface area (Å²) in [4.78, 5) is 67.2. The van der Waals surface area contributed by atoms with E-state index in [2.05, 4.69) is 31.2 Å². The van der Waals surface area contributed by atoms with E-state index < -0.39 is 63.5 Å². The molecule has 0 bridgehead atoms. The lowest BCUT2D eigenvalue weighted by Gasteiger charge is -2.34. The van der Waals surface area contributed by atoms with Crippen LogP contribution in [0.2, 0.25) is 0 Å². The number of halogens is 4. The molecule has 0 spiro atoms. The van der Waals surface area contributed by atoms with Gasteiger partial charge in [0.1, 0.15) is 34.9 Å². The monoisotopic (exact) mass is 980 g/mol. The second kappa shape index (κ2) is 19.1. The van der Waals surface area contributed by atoms with Crippen LogP contribution in [0.25, 0.3) is 54.1 Å². The standard InChI is InChI=1S/C52H44F4N10O4S/c1-7-63-43-22-47(57-5)59-24-29(43)15-37(49(63)67)35-20-41(39(55)13-27(35)3)61-51(69)65(33-18-31(53)17-32(54)19-33)66(45-26-71-46-12-10-9-11-34(45)46)52(70)62-42-21-36(28(4)14-40(42)56)38-16-30-25-60-48(58-6)23-44(30)64(8-2)50(38)68/h9-26H,7-8H2,1-6H3,(H,57,59)(H,58,60)(H,61,69)(H,62,70). The number of benzene rings is 4. The average molecular weight is 981 g/mol. The van der Waals surface area contributed by atoms with Crippen molar-refractivity contribution >= 4 is 89.7 Å². The SMILES string of the molecule is CCn1c(=O)c(-c2cc(NC(=O)N(c3cc(F)cc(F)c3)N(C(=O)Nc3cc(-c4cc5cnc(NC)cc5n(CC)c4=O)c(C)cc3F)c3csc4ccccc34)c(F)cc2C)cc2cnc(NC)cc21. The van der Waals surface area contributed by atoms with E-state index in [1.165, 1.54) is 33.4 Å². The number of carbonyl (C=O) groups is 2. The lowest BCUT2D eigenvalue weighted by Crippen LogP contribution is -2.54. The number of thiophene rings is 1. The maximum Gasteiger partial charge on any atom is 0.346 e. The highest BCUT2D eigenvalue weighted by molar-refractivity contribution is 7.17. The van der Waals surface area contributed by atoms with Crippen LogP contribution in [0.1, 0.15) is 25.0 Å². The number of aryl methyl sites for hydroxylation is 4. The van der Waals surface area contributed by atoms with Crippen LogP contribution in [0, 0.1) is 37.1 Å². The van der Waals surface area contributed by atoms with E-state index in [4.69, 9.17) is 0 Å². The van der Waals surface area contributed by atoms with E-state index in [9.17, 15) is 9.59 Å². The highest BCUT2D eigenvalue weighted by Crippen LogP contribution is 2.38. The Morgan fingerprint density at radius 3 is 1.58 bits per heavy atom. The Kier molecular flexibility index (Phi) is 12.8. The number of rotatable bonds is 10. The van der Waals surface area contributed by atoms with E-state index in [1.54, 1.807) is 107 Å². The van der Waals surface area contributed by atoms with Gasteiger partial charge < -0.3 is 30.4 Å². The third kappa shape index (κ3) is 8.75. The number of hydrazine groups is 1. The minimum atomic E-state index is -1.29. The van der Waals surface area contributed by atoms with Crippen molar-refractivity contribution in [3.8, 4) is 22.3 Å². The molecule has 0 fully saturated rings. The van der Waals surface area contributed by atoms with E-state index in [1.807, 2.05) is 0 Å². The molecule has 19 heteroatoms. The first kappa shape index (κ1) is 47.5. The molecule has 360 valence electrons. The third-order valence-electron chi connectivity index (χ3n) is 12.2. The first-order chi connectivity index (χ1) is 34.1. The Morgan fingerprint density at radius 2 is 1.10 bits per heavy atom. The summed E-state index contributed by atoms with van der Waals surface area (Å²) >= 11 is 1.18. The van der Waals surface area contributed by atoms with Crippen molar-refractivity contribution in [2.45, 2.75) is 40.8 Å². The highest BCUT2D eigenvalue weighted by atomic mass is 32.1. The van der Waals surface area contributed by atoms with Crippen LogP contribution in [-0.4, -0.2) is 45.3 Å². The van der Waals surface area contributed by atoms with E-state index in [-0.39, 0.29) is 41.0 Å². The summed E-state index contributed by atoms with van der Waals surface area (Å²) in [5.74, 6) is -3.03. The van der Waals surface area contributed by atoms with Crippen LogP contribution in [0.15, 0.2) is 118 Å². The third-order valence-corrected chi connectivity index (χ3v) is 13.1. The normalized spacial score (nSPS) is 11.3. The molecular weight excluding hydrogens is 937 g/mol. The summed E-state index contributed by atoms with van der Waals surface area (Å²) in [7, 11) is 3.40. The van der Waals surface area contributed by atoms with Gasteiger partial charge in [0.15, 0.2) is 0 Å². The fraction of sp³-hybridized carbons (Fsp3) is 0.154. The zero-order chi connectivity index (χ0) is 50.4. The van der Waals surface area contributed by atoms with Crippen molar-refractivity contribution in [3.63, 3.8) is 0 Å². The molecule has 4 amide bonds. The van der Waals surface area contributed by atoms with Crippen LogP contribution >= 0.6 is 11.3 Å². The first-order valence-corrected chi connectivity index (χ1v) is 23.2. The smallest absolute Gasteiger partial charge is 0.346 e. The van der Waals surface area contributed by atoms with Gasteiger partial charge in [0.05, 0.1) is 33.8 Å². The summed E-state index contributed by atoms with van der Waals surface area (Å²) < 4.78 is 66.9. The highest BCUT2D eigenvalue weighted by Gasteiger charge is 2.34. The molecule has 0 atom stereocenters. The summed E-state index contributed by atoms with van der Waals surface area (Å²) in [5.41, 5.74) is 0.564. The second-order valence-corrected chi connectivity index (χ2v) is 17.4. The molecular formula is C52H44F4N10O4S. The molecule has 5 aromatic heterocycles. The van der Waals surface area contributed by atoms with Crippen molar-refractivity contribution < 1.29 is 27.2 Å². The van der Waals surface area contributed by atoms with Crippen LogP contribution in [0.4, 0.5) is 61.5 Å². The van der Waals surface area contributed by atoms with Gasteiger partial charge in [0.25, 0.3) is 11.1 Å². The summed E-state index contributed by atoms with van der Waals surface area (Å²) in [5, 5.41) is 15.5. The lowest BCUT2D eigenvalue weighted by atomic mass is 9.99. The van der Waals surface area contributed by atoms with Gasteiger partial charge in [0.2, 0.25) is 0 Å². The topological polar surface area (TPSA) is 159 Å². The second-order valence-electron chi connectivity index (χ2n) is 16.5. The maximum absolute atomic E-state index is 16.3. The molecule has 4 N–H and O–H groups in total. The van der Waals surface area contributed by atoms with Crippen LogP contribution in [0.5, 0.6) is 0 Å². The predicted molar refractivity (Wildman–Crippen MR) is 274 cm³/mol. The van der Waals surface area contributed by atoms with Crippen molar-refractivity contribution in [3.05, 3.63) is 164 Å². The number of anilines is 6. The van der Waals surface area contributed by atoms with Gasteiger partial charge >= 0.3 is 12.1 Å². The van der Waals surface area contributed by atoms with Crippen LogP contribution in [-0.2, 0) is 13.1 Å². The molecule has 71 heavy (non-hydrogen) atoms. The fourth-order valence-electron chi connectivity index (χ4n) is 8.71. The Balaban J connectivity index is 1.17. The summed E-state index contributed by atoms with van der Waals surface area (Å²) in [6, 6.07) is 18.0. The van der Waals surface area contributed by atoms with Crippen molar-refractivity contribution in [2.24, 2.45) is 0 Å². The number of fused-ring (bicyclic) bond motifs is 3. The van der Waals surface area contributed by atoms with E-state index >= 15 is 27.2 Å². The van der Waals surface area contributed by atoms with Crippen molar-refractivity contribution in [1.82, 2.24) is 19.1 Å². The van der Waals surface area contributed by atoms with Gasteiger partial charge in [-0.3, -0.25) is 9.59 Å². The number of hydrogen-bond acceptors (Lipinski definition) is 9. The largest absolute Gasteiger partial charge is 0.373 e. The molecule has 9 rings (SSSR count). The number of hydrogen-bond donors (Lipinski definition) is 4. The van der Waals surface area contributed by atoms with Gasteiger partial charge in [-0.1, -0.05) is 18.2 Å². The molecule has 0 saturated carbocycles. The Labute approximate surface area is 406 Å². The molecule has 4 aromatic carbocycles. The Hall–Kier alpha value is -8.58.